The first kappa shape index (κ1) is 21.3. The number of anilines is 1. The van der Waals surface area contributed by atoms with Crippen LogP contribution in [0.25, 0.3) is 0 Å². The zero-order valence-electron chi connectivity index (χ0n) is 17.9. The van der Waals surface area contributed by atoms with E-state index in [-0.39, 0.29) is 16.3 Å². The van der Waals surface area contributed by atoms with Crippen LogP contribution in [0.2, 0.25) is 0 Å². The highest BCUT2D eigenvalue weighted by molar-refractivity contribution is 7.92. The third kappa shape index (κ3) is 4.26. The van der Waals surface area contributed by atoms with Gasteiger partial charge in [-0.2, -0.15) is 0 Å². The molecule has 3 aromatic carbocycles. The zero-order valence-corrected chi connectivity index (χ0v) is 18.7. The van der Waals surface area contributed by atoms with E-state index in [1.165, 1.54) is 12.1 Å². The minimum absolute atomic E-state index is 0.0726. The fourth-order valence-electron chi connectivity index (χ4n) is 4.16. The minimum Gasteiger partial charge on any atom is -0.486 e. The van der Waals surface area contributed by atoms with Gasteiger partial charge in [0, 0.05) is 17.3 Å². The molecule has 0 spiro atoms. The van der Waals surface area contributed by atoms with E-state index in [1.54, 1.807) is 30.3 Å². The number of hydrogen-bond donors (Lipinski definition) is 2. The van der Waals surface area contributed by atoms with Gasteiger partial charge in [0.25, 0.3) is 15.9 Å². The SMILES string of the molecule is O=C(NC1(c2ccccc2)CCC1)c1ccc(NS(=O)(=O)c2ccc3c(c2)OCCO3)cc1. The highest BCUT2D eigenvalue weighted by Crippen LogP contribution is 2.41. The summed E-state index contributed by atoms with van der Waals surface area (Å²) in [6, 6.07) is 20.9. The average Bonchev–Trinajstić information content (AvgIpc) is 2.82. The van der Waals surface area contributed by atoms with Crippen LogP contribution in [0.5, 0.6) is 11.5 Å². The van der Waals surface area contributed by atoms with E-state index in [9.17, 15) is 13.2 Å². The monoisotopic (exact) mass is 464 g/mol. The molecular formula is C25H24N2O5S. The molecule has 33 heavy (non-hydrogen) atoms. The van der Waals surface area contributed by atoms with Crippen molar-refractivity contribution >= 4 is 21.6 Å². The van der Waals surface area contributed by atoms with Crippen LogP contribution in [0.4, 0.5) is 5.69 Å². The van der Waals surface area contributed by atoms with Crippen molar-refractivity contribution in [3.05, 3.63) is 83.9 Å². The molecule has 1 fully saturated rings. The quantitative estimate of drug-likeness (QED) is 0.574. The summed E-state index contributed by atoms with van der Waals surface area (Å²) in [5.41, 5.74) is 1.60. The van der Waals surface area contributed by atoms with Gasteiger partial charge in [-0.05, 0) is 61.2 Å². The minimum atomic E-state index is -3.83. The van der Waals surface area contributed by atoms with Gasteiger partial charge in [-0.25, -0.2) is 8.42 Å². The first-order valence-corrected chi connectivity index (χ1v) is 12.3. The number of ether oxygens (including phenoxy) is 2. The molecule has 0 unspecified atom stereocenters. The summed E-state index contributed by atoms with van der Waals surface area (Å²) in [4.78, 5) is 13.0. The maximum Gasteiger partial charge on any atom is 0.262 e. The Kier molecular flexibility index (Phi) is 5.46. The summed E-state index contributed by atoms with van der Waals surface area (Å²) >= 11 is 0. The Labute approximate surface area is 192 Å². The fraction of sp³-hybridized carbons (Fsp3) is 0.240. The van der Waals surface area contributed by atoms with Crippen molar-refractivity contribution in [3.63, 3.8) is 0 Å². The predicted molar refractivity (Wildman–Crippen MR) is 124 cm³/mol. The smallest absolute Gasteiger partial charge is 0.262 e. The second kappa shape index (κ2) is 8.44. The lowest BCUT2D eigenvalue weighted by molar-refractivity contribution is 0.0823. The lowest BCUT2D eigenvalue weighted by Gasteiger charge is -2.43. The number of benzene rings is 3. The summed E-state index contributed by atoms with van der Waals surface area (Å²) in [5, 5.41) is 3.18. The van der Waals surface area contributed by atoms with Gasteiger partial charge >= 0.3 is 0 Å². The van der Waals surface area contributed by atoms with Crippen molar-refractivity contribution < 1.29 is 22.7 Å². The van der Waals surface area contributed by atoms with Crippen molar-refractivity contribution in [2.45, 2.75) is 29.7 Å². The summed E-state index contributed by atoms with van der Waals surface area (Å²) in [6.07, 6.45) is 2.86. The lowest BCUT2D eigenvalue weighted by atomic mass is 9.71. The Bertz CT molecular complexity index is 1270. The number of fused-ring (bicyclic) bond motifs is 1. The van der Waals surface area contributed by atoms with Gasteiger partial charge in [0.1, 0.15) is 13.2 Å². The summed E-state index contributed by atoms with van der Waals surface area (Å²) in [5.74, 6) is 0.745. The van der Waals surface area contributed by atoms with Crippen LogP contribution in [-0.2, 0) is 15.6 Å². The van der Waals surface area contributed by atoms with Crippen molar-refractivity contribution in [1.82, 2.24) is 5.32 Å². The van der Waals surface area contributed by atoms with Crippen LogP contribution in [0, 0.1) is 0 Å². The number of amides is 1. The topological polar surface area (TPSA) is 93.7 Å². The van der Waals surface area contributed by atoms with E-state index >= 15 is 0 Å². The predicted octanol–water partition coefficient (Wildman–Crippen LogP) is 4.07. The van der Waals surface area contributed by atoms with Crippen molar-refractivity contribution in [1.29, 1.82) is 0 Å². The molecule has 5 rings (SSSR count). The molecule has 170 valence electrons. The van der Waals surface area contributed by atoms with E-state index in [4.69, 9.17) is 9.47 Å². The number of nitrogens with one attached hydrogen (secondary N) is 2. The second-order valence-electron chi connectivity index (χ2n) is 8.24. The van der Waals surface area contributed by atoms with E-state index in [1.807, 2.05) is 30.3 Å². The molecule has 0 atom stereocenters. The average molecular weight is 465 g/mol. The molecule has 3 aromatic rings. The largest absolute Gasteiger partial charge is 0.486 e. The van der Waals surface area contributed by atoms with E-state index < -0.39 is 10.0 Å². The molecule has 2 N–H and O–H groups in total. The third-order valence-corrected chi connectivity index (χ3v) is 7.49. The molecule has 0 aromatic heterocycles. The van der Waals surface area contributed by atoms with Crippen LogP contribution >= 0.6 is 0 Å². The molecule has 8 heteroatoms. The van der Waals surface area contributed by atoms with Crippen molar-refractivity contribution in [2.75, 3.05) is 17.9 Å². The van der Waals surface area contributed by atoms with E-state index in [0.29, 0.717) is 36.0 Å². The first-order chi connectivity index (χ1) is 16.0. The molecule has 1 amide bonds. The number of rotatable bonds is 6. The molecule has 0 bridgehead atoms. The summed E-state index contributed by atoms with van der Waals surface area (Å²) < 4.78 is 39.1. The molecular weight excluding hydrogens is 440 g/mol. The normalized spacial score (nSPS) is 16.4. The van der Waals surface area contributed by atoms with Crippen LogP contribution < -0.4 is 19.5 Å². The Morgan fingerprint density at radius 3 is 2.21 bits per heavy atom. The Balaban J connectivity index is 1.29. The molecule has 0 saturated heterocycles. The molecule has 1 aliphatic heterocycles. The van der Waals surface area contributed by atoms with E-state index in [0.717, 1.165) is 24.8 Å². The summed E-state index contributed by atoms with van der Waals surface area (Å²) in [6.45, 7) is 0.808. The second-order valence-corrected chi connectivity index (χ2v) is 9.93. The maximum absolute atomic E-state index is 12.9. The van der Waals surface area contributed by atoms with Crippen molar-refractivity contribution in [3.8, 4) is 11.5 Å². The van der Waals surface area contributed by atoms with Gasteiger partial charge in [0.2, 0.25) is 0 Å². The highest BCUT2D eigenvalue weighted by Gasteiger charge is 2.40. The zero-order chi connectivity index (χ0) is 22.9. The van der Waals surface area contributed by atoms with Crippen LogP contribution in [-0.4, -0.2) is 27.5 Å². The number of sulfonamides is 1. The van der Waals surface area contributed by atoms with Gasteiger partial charge < -0.3 is 14.8 Å². The lowest BCUT2D eigenvalue weighted by Crippen LogP contribution is -2.50. The molecule has 1 aliphatic carbocycles. The van der Waals surface area contributed by atoms with Gasteiger partial charge in [0.15, 0.2) is 11.5 Å². The Morgan fingerprint density at radius 1 is 0.848 bits per heavy atom. The van der Waals surface area contributed by atoms with Crippen LogP contribution in [0.3, 0.4) is 0 Å². The highest BCUT2D eigenvalue weighted by atomic mass is 32.2. The molecule has 0 radical (unpaired) electrons. The maximum atomic E-state index is 12.9. The standard InChI is InChI=1S/C25H24N2O5S/c28-24(26-25(13-4-14-25)19-5-2-1-3-6-19)18-7-9-20(10-8-18)27-33(29,30)21-11-12-22-23(17-21)32-16-15-31-22/h1-3,5-12,17,27H,4,13-16H2,(H,26,28). The van der Waals surface area contributed by atoms with Gasteiger partial charge in [-0.3, -0.25) is 9.52 Å². The van der Waals surface area contributed by atoms with Gasteiger partial charge in [0.05, 0.1) is 10.4 Å². The van der Waals surface area contributed by atoms with Gasteiger partial charge in [-0.15, -0.1) is 0 Å². The van der Waals surface area contributed by atoms with Crippen LogP contribution in [0.15, 0.2) is 77.7 Å². The molecule has 1 saturated carbocycles. The fourth-order valence-corrected chi connectivity index (χ4v) is 5.23. The first-order valence-electron chi connectivity index (χ1n) is 10.9. The molecule has 7 nitrogen and oxygen atoms in total. The van der Waals surface area contributed by atoms with Crippen LogP contribution in [0.1, 0.15) is 35.2 Å². The van der Waals surface area contributed by atoms with Gasteiger partial charge in [-0.1, -0.05) is 30.3 Å². The Hall–Kier alpha value is -3.52. The number of carbonyl (C=O) groups is 1. The third-order valence-electron chi connectivity index (χ3n) is 6.11. The molecule has 2 aliphatic rings. The number of carbonyl (C=O) groups excluding carboxylic acids is 1. The van der Waals surface area contributed by atoms with Crippen molar-refractivity contribution in [2.24, 2.45) is 0 Å². The summed E-state index contributed by atoms with van der Waals surface area (Å²) in [7, 11) is -3.83. The number of hydrogen-bond acceptors (Lipinski definition) is 5. The Morgan fingerprint density at radius 2 is 1.55 bits per heavy atom. The molecule has 1 heterocycles. The van der Waals surface area contributed by atoms with E-state index in [2.05, 4.69) is 10.0 Å².